The van der Waals surface area contributed by atoms with E-state index in [0.29, 0.717) is 64.1 Å². The molecule has 0 aromatic heterocycles. The van der Waals surface area contributed by atoms with Crippen LogP contribution in [0.5, 0.6) is 23.0 Å². The maximum atomic E-state index is 8.91. The molecule has 4 N–H and O–H groups in total. The second-order valence-electron chi connectivity index (χ2n) is 15.3. The summed E-state index contributed by atoms with van der Waals surface area (Å²) in [7, 11) is -3.45. The summed E-state index contributed by atoms with van der Waals surface area (Å²) < 4.78 is 64.3. The minimum Gasteiger partial charge on any atom is -0.491 e. The smallest absolute Gasteiger partial charge is 0.488 e. The van der Waals surface area contributed by atoms with Crippen molar-refractivity contribution >= 4 is 50.3 Å². The molecule has 0 bridgehead atoms. The van der Waals surface area contributed by atoms with Crippen molar-refractivity contribution in [1.82, 2.24) is 0 Å². The topological polar surface area (TPSA) is 173 Å². The second kappa shape index (κ2) is 39.8. The standard InChI is InChI=1S/C36H51B3O9.C12H19BO4.H2O.2V/c1-4-7-22-40-25-28-43-34-16-10-31(11-17-34)37-46-38(32-12-18-35(19-13-32)44-29-26-41-23-8-5-2)48-39(47-37)33-14-20-36(21-15-33)45-30-27-42-24-9-6-3;1-2-3-8-16-9-10-17-12-6-4-11(5-7-12)13(14)15;;;/h10-21H,4-9,22-30H2,1-3H3;4-7,14-15H,2-3,8-10H2,1H3;1H2;;. The molecule has 370 valence electrons. The molecular weight excluding hydrogens is 946 g/mol. The zero-order chi connectivity index (χ0) is 46.2. The second-order valence-corrected chi connectivity index (χ2v) is 15.3. The van der Waals surface area contributed by atoms with Crippen LogP contribution in [0.15, 0.2) is 97.1 Å². The SMILES string of the molecule is CCCCOCCOc1ccc(B(O)O)cc1.CCCCOCCOc1ccc(B2OB(c3ccc(OCCOCCCC)cc3)OB(c3ccc(OCCOCCCC)cc3)O2)cc1.O.[V].[V]. The van der Waals surface area contributed by atoms with Crippen molar-refractivity contribution in [2.24, 2.45) is 0 Å². The van der Waals surface area contributed by atoms with E-state index in [4.69, 9.17) is 61.7 Å². The van der Waals surface area contributed by atoms with Crippen molar-refractivity contribution in [1.29, 1.82) is 0 Å². The van der Waals surface area contributed by atoms with E-state index in [1.165, 1.54) is 0 Å². The Hall–Kier alpha value is -2.89. The summed E-state index contributed by atoms with van der Waals surface area (Å²) in [5.41, 5.74) is 3.01. The van der Waals surface area contributed by atoms with E-state index in [-0.39, 0.29) is 42.6 Å². The van der Waals surface area contributed by atoms with Gasteiger partial charge in [0.2, 0.25) is 0 Å². The normalized spacial score (nSPS) is 11.9. The van der Waals surface area contributed by atoms with Crippen molar-refractivity contribution in [2.75, 3.05) is 79.3 Å². The van der Waals surface area contributed by atoms with E-state index in [0.717, 1.165) is 111 Å². The number of hydrogen-bond donors (Lipinski definition) is 2. The van der Waals surface area contributed by atoms with Crippen LogP contribution in [-0.2, 0) is 69.8 Å². The first-order chi connectivity index (χ1) is 31.9. The van der Waals surface area contributed by atoms with Gasteiger partial charge in [0.15, 0.2) is 0 Å². The number of rotatable bonds is 32. The van der Waals surface area contributed by atoms with Gasteiger partial charge >= 0.3 is 28.5 Å². The molecule has 1 fully saturated rings. The van der Waals surface area contributed by atoms with Gasteiger partial charge in [-0.15, -0.1) is 0 Å². The summed E-state index contributed by atoms with van der Waals surface area (Å²) in [6, 6.07) is 29.9. The molecule has 0 aliphatic carbocycles. The maximum absolute atomic E-state index is 8.91. The summed E-state index contributed by atoms with van der Waals surface area (Å²) in [6.07, 6.45) is 8.72. The minimum atomic E-state index is -1.43. The predicted octanol–water partition coefficient (Wildman–Crippen LogP) is 4.55. The summed E-state index contributed by atoms with van der Waals surface area (Å²) >= 11 is 0. The first kappa shape index (κ1) is 63.1. The van der Waals surface area contributed by atoms with Gasteiger partial charge in [0.05, 0.1) is 26.4 Å². The van der Waals surface area contributed by atoms with Crippen LogP contribution >= 0.6 is 0 Å². The van der Waals surface area contributed by atoms with E-state index < -0.39 is 28.5 Å². The van der Waals surface area contributed by atoms with E-state index in [2.05, 4.69) is 27.7 Å². The van der Waals surface area contributed by atoms with Gasteiger partial charge in [0.25, 0.3) is 0 Å². The van der Waals surface area contributed by atoms with Crippen LogP contribution in [0.4, 0.5) is 0 Å². The van der Waals surface area contributed by atoms with Gasteiger partial charge in [-0.3, -0.25) is 0 Å². The van der Waals surface area contributed by atoms with Crippen molar-refractivity contribution in [3.63, 3.8) is 0 Å². The summed E-state index contributed by atoms with van der Waals surface area (Å²) in [5, 5.41) is 17.8. The molecule has 4 aromatic rings. The van der Waals surface area contributed by atoms with Gasteiger partial charge in [0.1, 0.15) is 49.4 Å². The van der Waals surface area contributed by atoms with E-state index in [1.54, 1.807) is 24.3 Å². The van der Waals surface area contributed by atoms with Gasteiger partial charge in [-0.05, 0) is 96.1 Å². The molecule has 20 heteroatoms. The Labute approximate surface area is 430 Å². The molecule has 2 radical (unpaired) electrons. The first-order valence-electron chi connectivity index (χ1n) is 23.5. The molecule has 0 unspecified atom stereocenters. The molecule has 1 aliphatic heterocycles. The van der Waals surface area contributed by atoms with Crippen molar-refractivity contribution in [3.05, 3.63) is 97.1 Å². The fourth-order valence-electron chi connectivity index (χ4n) is 6.07. The Balaban J connectivity index is 0.000000980. The molecule has 68 heavy (non-hydrogen) atoms. The zero-order valence-electron chi connectivity index (χ0n) is 40.5. The number of hydrogen-bond acceptors (Lipinski definition) is 13. The molecule has 1 heterocycles. The minimum absolute atomic E-state index is 0. The molecule has 0 saturated carbocycles. The van der Waals surface area contributed by atoms with Gasteiger partial charge < -0.3 is 67.1 Å². The average molecular weight is 1020 g/mol. The fourth-order valence-corrected chi connectivity index (χ4v) is 6.07. The third-order valence-corrected chi connectivity index (χ3v) is 9.93. The molecule has 5 rings (SSSR count). The van der Waals surface area contributed by atoms with Crippen LogP contribution in [0, 0.1) is 0 Å². The molecule has 4 aromatic carbocycles. The molecule has 0 spiro atoms. The average Bonchev–Trinajstić information content (AvgIpc) is 3.34. The Morgan fingerprint density at radius 1 is 0.368 bits per heavy atom. The largest absolute Gasteiger partial charge is 0.491 e. The number of benzene rings is 4. The van der Waals surface area contributed by atoms with Crippen molar-refractivity contribution in [3.8, 4) is 23.0 Å². The third-order valence-electron chi connectivity index (χ3n) is 9.93. The Morgan fingerprint density at radius 2 is 0.603 bits per heavy atom. The van der Waals surface area contributed by atoms with Crippen LogP contribution in [-0.4, -0.2) is 123 Å². The van der Waals surface area contributed by atoms with E-state index in [9.17, 15) is 0 Å². The van der Waals surface area contributed by atoms with Gasteiger partial charge in [-0.25, -0.2) is 0 Å². The quantitative estimate of drug-likeness (QED) is 0.0516. The molecule has 0 atom stereocenters. The summed E-state index contributed by atoms with van der Waals surface area (Å²) in [4.78, 5) is 0. The maximum Gasteiger partial charge on any atom is 0.488 e. The van der Waals surface area contributed by atoms with Crippen molar-refractivity contribution < 1.29 is 104 Å². The van der Waals surface area contributed by atoms with Gasteiger partial charge in [-0.1, -0.05) is 102 Å². The van der Waals surface area contributed by atoms with Crippen LogP contribution in [0.25, 0.3) is 0 Å². The van der Waals surface area contributed by atoms with Crippen LogP contribution in [0.1, 0.15) is 79.1 Å². The Morgan fingerprint density at radius 3 is 0.824 bits per heavy atom. The molecule has 1 saturated heterocycles. The van der Waals surface area contributed by atoms with Crippen LogP contribution < -0.4 is 40.8 Å². The van der Waals surface area contributed by atoms with Crippen LogP contribution in [0.2, 0.25) is 0 Å². The summed E-state index contributed by atoms with van der Waals surface area (Å²) in [5.74, 6) is 2.98. The zero-order valence-corrected chi connectivity index (χ0v) is 43.3. The van der Waals surface area contributed by atoms with Crippen molar-refractivity contribution in [2.45, 2.75) is 79.1 Å². The molecule has 14 nitrogen and oxygen atoms in total. The molecule has 0 amide bonds. The van der Waals surface area contributed by atoms with Gasteiger partial charge in [-0.2, -0.15) is 0 Å². The Bertz CT molecular complexity index is 1610. The Kier molecular flexibility index (Phi) is 36.9. The third kappa shape index (κ3) is 25.8. The summed E-state index contributed by atoms with van der Waals surface area (Å²) in [6.45, 7) is 15.9. The number of ether oxygens (including phenoxy) is 8. The molecule has 1 aliphatic rings. The van der Waals surface area contributed by atoms with E-state index >= 15 is 0 Å². The monoisotopic (exact) mass is 1020 g/mol. The fraction of sp³-hybridized carbons (Fsp3) is 0.500. The van der Waals surface area contributed by atoms with Crippen LogP contribution in [0.3, 0.4) is 0 Å². The number of unbranched alkanes of at least 4 members (excludes halogenated alkanes) is 4. The van der Waals surface area contributed by atoms with Gasteiger partial charge in [0, 0.05) is 63.5 Å². The van der Waals surface area contributed by atoms with E-state index in [1.807, 2.05) is 72.8 Å². The molecular formula is C48H72B4O14V2. The predicted molar refractivity (Wildman–Crippen MR) is 264 cm³/mol. The first-order valence-corrected chi connectivity index (χ1v) is 23.5.